The Morgan fingerprint density at radius 3 is 2.35 bits per heavy atom. The predicted molar refractivity (Wildman–Crippen MR) is 94.9 cm³/mol. The largest absolute Gasteiger partial charge is 0.341 e. The van der Waals surface area contributed by atoms with E-state index >= 15 is 0 Å². The fraction of sp³-hybridized carbons (Fsp3) is 0.632. The van der Waals surface area contributed by atoms with Gasteiger partial charge >= 0.3 is 0 Å². The van der Waals surface area contributed by atoms with Crippen molar-refractivity contribution in [2.45, 2.75) is 45.8 Å². The van der Waals surface area contributed by atoms with Crippen molar-refractivity contribution < 1.29 is 4.79 Å². The Hall–Kier alpha value is -1.39. The van der Waals surface area contributed by atoms with E-state index in [1.807, 2.05) is 18.9 Å². The lowest BCUT2D eigenvalue weighted by molar-refractivity contribution is -0.137. The van der Waals surface area contributed by atoms with E-state index in [0.717, 1.165) is 19.6 Å². The second-order valence-corrected chi connectivity index (χ2v) is 7.09. The molecule has 1 aromatic carbocycles. The van der Waals surface area contributed by atoms with Gasteiger partial charge in [0.2, 0.25) is 5.91 Å². The third-order valence-corrected chi connectivity index (χ3v) is 5.06. The minimum atomic E-state index is -0.373. The van der Waals surface area contributed by atoms with Crippen molar-refractivity contribution in [3.63, 3.8) is 0 Å². The summed E-state index contributed by atoms with van der Waals surface area (Å²) >= 11 is 0. The number of benzene rings is 1. The zero-order chi connectivity index (χ0) is 17.0. The van der Waals surface area contributed by atoms with E-state index in [2.05, 4.69) is 49.1 Å². The van der Waals surface area contributed by atoms with Crippen molar-refractivity contribution in [2.75, 3.05) is 20.1 Å². The van der Waals surface area contributed by atoms with Gasteiger partial charge in [0.1, 0.15) is 0 Å². The zero-order valence-electron chi connectivity index (χ0n) is 14.9. The number of carbonyl (C=O) groups excluding carboxylic acids is 1. The fourth-order valence-corrected chi connectivity index (χ4v) is 3.98. The SMILES string of the molecule is CC[C@H](N)C(=O)N(C)C1[C@H](C)CN(Cc2ccccc2)C[C@@H]1C. The second kappa shape index (κ2) is 7.93. The Bertz CT molecular complexity index is 493. The molecule has 0 bridgehead atoms. The molecule has 0 spiro atoms. The maximum Gasteiger partial charge on any atom is 0.239 e. The van der Waals surface area contributed by atoms with Crippen LogP contribution in [0.1, 0.15) is 32.8 Å². The summed E-state index contributed by atoms with van der Waals surface area (Å²) in [4.78, 5) is 16.8. The molecule has 0 aromatic heterocycles. The van der Waals surface area contributed by atoms with Crippen LogP contribution in [0.3, 0.4) is 0 Å². The third kappa shape index (κ3) is 4.33. The number of likely N-dealkylation sites (tertiary alicyclic amines) is 1. The first-order valence-corrected chi connectivity index (χ1v) is 8.72. The first-order chi connectivity index (χ1) is 10.9. The van der Waals surface area contributed by atoms with Crippen molar-refractivity contribution in [1.82, 2.24) is 9.80 Å². The summed E-state index contributed by atoms with van der Waals surface area (Å²) in [6.07, 6.45) is 0.693. The van der Waals surface area contributed by atoms with Gasteiger partial charge in [0.25, 0.3) is 0 Å². The summed E-state index contributed by atoms with van der Waals surface area (Å²) in [5.41, 5.74) is 7.29. The highest BCUT2D eigenvalue weighted by atomic mass is 16.2. The molecular weight excluding hydrogens is 286 g/mol. The zero-order valence-corrected chi connectivity index (χ0v) is 14.9. The quantitative estimate of drug-likeness (QED) is 0.907. The Labute approximate surface area is 140 Å². The molecule has 4 atom stereocenters. The molecule has 1 aliphatic rings. The molecule has 1 aliphatic heterocycles. The van der Waals surface area contributed by atoms with Crippen LogP contribution in [-0.4, -0.2) is 47.9 Å². The van der Waals surface area contributed by atoms with Gasteiger partial charge in [-0.3, -0.25) is 9.69 Å². The van der Waals surface area contributed by atoms with Crippen LogP contribution in [0, 0.1) is 11.8 Å². The molecule has 1 saturated heterocycles. The predicted octanol–water partition coefficient (Wildman–Crippen LogP) is 2.34. The van der Waals surface area contributed by atoms with Gasteiger partial charge in [0.15, 0.2) is 0 Å². The van der Waals surface area contributed by atoms with Crippen LogP contribution >= 0.6 is 0 Å². The van der Waals surface area contributed by atoms with E-state index in [9.17, 15) is 4.79 Å². The molecule has 4 heteroatoms. The lowest BCUT2D eigenvalue weighted by Crippen LogP contribution is -2.57. The van der Waals surface area contributed by atoms with Gasteiger partial charge in [-0.2, -0.15) is 0 Å². The van der Waals surface area contributed by atoms with Crippen LogP contribution in [0.4, 0.5) is 0 Å². The molecule has 1 unspecified atom stereocenters. The normalized spacial score (nSPS) is 26.7. The number of likely N-dealkylation sites (N-methyl/N-ethyl adjacent to an activating group) is 1. The smallest absolute Gasteiger partial charge is 0.239 e. The minimum Gasteiger partial charge on any atom is -0.341 e. The summed E-state index contributed by atoms with van der Waals surface area (Å²) in [6.45, 7) is 9.48. The average Bonchev–Trinajstić information content (AvgIpc) is 2.53. The lowest BCUT2D eigenvalue weighted by Gasteiger charge is -2.46. The van der Waals surface area contributed by atoms with Crippen LogP contribution in [0.15, 0.2) is 30.3 Å². The first kappa shape index (κ1) is 18.0. The molecule has 128 valence electrons. The van der Waals surface area contributed by atoms with E-state index in [1.165, 1.54) is 5.56 Å². The summed E-state index contributed by atoms with van der Waals surface area (Å²) in [5.74, 6) is 0.966. The number of nitrogens with zero attached hydrogens (tertiary/aromatic N) is 2. The van der Waals surface area contributed by atoms with Crippen LogP contribution in [0.2, 0.25) is 0 Å². The van der Waals surface area contributed by atoms with Crippen molar-refractivity contribution in [1.29, 1.82) is 0 Å². The van der Waals surface area contributed by atoms with Crippen molar-refractivity contribution in [3.05, 3.63) is 35.9 Å². The Morgan fingerprint density at radius 2 is 1.83 bits per heavy atom. The average molecular weight is 317 g/mol. The van der Waals surface area contributed by atoms with Gasteiger partial charge in [0, 0.05) is 32.7 Å². The number of carbonyl (C=O) groups is 1. The summed E-state index contributed by atoms with van der Waals surface area (Å²) in [6, 6.07) is 10.5. The molecule has 1 aromatic rings. The maximum atomic E-state index is 12.4. The number of amides is 1. The van der Waals surface area contributed by atoms with E-state index in [4.69, 9.17) is 5.73 Å². The molecule has 4 nitrogen and oxygen atoms in total. The fourth-order valence-electron chi connectivity index (χ4n) is 3.98. The van der Waals surface area contributed by atoms with Crippen molar-refractivity contribution >= 4 is 5.91 Å². The Morgan fingerprint density at radius 1 is 1.26 bits per heavy atom. The second-order valence-electron chi connectivity index (χ2n) is 7.09. The van der Waals surface area contributed by atoms with Gasteiger partial charge < -0.3 is 10.6 Å². The topological polar surface area (TPSA) is 49.6 Å². The molecule has 1 heterocycles. The van der Waals surface area contributed by atoms with Gasteiger partial charge in [-0.15, -0.1) is 0 Å². The lowest BCUT2D eigenvalue weighted by atomic mass is 9.84. The van der Waals surface area contributed by atoms with Gasteiger partial charge in [-0.25, -0.2) is 0 Å². The van der Waals surface area contributed by atoms with Crippen molar-refractivity contribution in [2.24, 2.45) is 17.6 Å². The number of rotatable bonds is 5. The Balaban J connectivity index is 2.00. The van der Waals surface area contributed by atoms with Gasteiger partial charge in [0.05, 0.1) is 6.04 Å². The highest BCUT2D eigenvalue weighted by molar-refractivity contribution is 5.81. The summed E-state index contributed by atoms with van der Waals surface area (Å²) in [7, 11) is 1.92. The standard InChI is InChI=1S/C19H31N3O/c1-5-17(20)19(23)21(4)18-14(2)11-22(12-15(18)3)13-16-9-7-6-8-10-16/h6-10,14-15,17-18H,5,11-13,20H2,1-4H3/t14-,15+,17-,18?/m0/s1. The van der Waals surface area contributed by atoms with E-state index in [0.29, 0.717) is 18.3 Å². The molecule has 0 saturated carbocycles. The number of hydrogen-bond acceptors (Lipinski definition) is 3. The van der Waals surface area contributed by atoms with E-state index < -0.39 is 0 Å². The van der Waals surface area contributed by atoms with Gasteiger partial charge in [-0.1, -0.05) is 51.1 Å². The number of hydrogen-bond donors (Lipinski definition) is 1. The first-order valence-electron chi connectivity index (χ1n) is 8.72. The summed E-state index contributed by atoms with van der Waals surface area (Å²) < 4.78 is 0. The third-order valence-electron chi connectivity index (χ3n) is 5.06. The molecule has 1 amide bonds. The highest BCUT2D eigenvalue weighted by Gasteiger charge is 2.37. The molecule has 23 heavy (non-hydrogen) atoms. The molecular formula is C19H31N3O. The summed E-state index contributed by atoms with van der Waals surface area (Å²) in [5, 5.41) is 0. The molecule has 1 fully saturated rings. The van der Waals surface area contributed by atoms with Crippen LogP contribution in [-0.2, 0) is 11.3 Å². The van der Waals surface area contributed by atoms with E-state index in [-0.39, 0.29) is 18.0 Å². The van der Waals surface area contributed by atoms with Crippen LogP contribution in [0.25, 0.3) is 0 Å². The van der Waals surface area contributed by atoms with Crippen LogP contribution in [0.5, 0.6) is 0 Å². The van der Waals surface area contributed by atoms with E-state index in [1.54, 1.807) is 0 Å². The monoisotopic (exact) mass is 317 g/mol. The van der Waals surface area contributed by atoms with Gasteiger partial charge in [-0.05, 0) is 23.8 Å². The number of piperidine rings is 1. The molecule has 0 radical (unpaired) electrons. The molecule has 2 N–H and O–H groups in total. The highest BCUT2D eigenvalue weighted by Crippen LogP contribution is 2.27. The Kier molecular flexibility index (Phi) is 6.19. The van der Waals surface area contributed by atoms with Crippen molar-refractivity contribution in [3.8, 4) is 0 Å². The number of nitrogens with two attached hydrogens (primary N) is 1. The molecule has 2 rings (SSSR count). The van der Waals surface area contributed by atoms with Crippen LogP contribution < -0.4 is 5.73 Å². The minimum absolute atomic E-state index is 0.0766. The molecule has 0 aliphatic carbocycles. The maximum absolute atomic E-state index is 12.4.